The molecule has 0 saturated heterocycles. The molecular formula is C23H40O3. The van der Waals surface area contributed by atoms with E-state index < -0.39 is 0 Å². The van der Waals surface area contributed by atoms with Crippen molar-refractivity contribution >= 4 is 0 Å². The summed E-state index contributed by atoms with van der Waals surface area (Å²) in [5.74, 6) is 0. The van der Waals surface area contributed by atoms with Gasteiger partial charge < -0.3 is 14.6 Å². The summed E-state index contributed by atoms with van der Waals surface area (Å²) in [6, 6.07) is 0. The molecule has 3 nitrogen and oxygen atoms in total. The van der Waals surface area contributed by atoms with Crippen molar-refractivity contribution in [3.05, 3.63) is 46.6 Å². The molecular weight excluding hydrogens is 324 g/mol. The minimum absolute atomic E-state index is 0.0667. The SMILES string of the molecule is CC(C)=CCC/C(C)=C/COC(CCO)OC/C=C(\C)CCC=C(C)C. The van der Waals surface area contributed by atoms with Gasteiger partial charge in [0.25, 0.3) is 0 Å². The summed E-state index contributed by atoms with van der Waals surface area (Å²) >= 11 is 0. The lowest BCUT2D eigenvalue weighted by Gasteiger charge is -2.16. The first kappa shape index (κ1) is 24.8. The zero-order valence-corrected chi connectivity index (χ0v) is 17.8. The molecule has 0 rings (SSSR count). The molecule has 0 aromatic rings. The van der Waals surface area contributed by atoms with Gasteiger partial charge in [-0.1, -0.05) is 46.6 Å². The Morgan fingerprint density at radius 2 is 1.15 bits per heavy atom. The highest BCUT2D eigenvalue weighted by atomic mass is 16.7. The largest absolute Gasteiger partial charge is 0.396 e. The van der Waals surface area contributed by atoms with Crippen LogP contribution in [-0.4, -0.2) is 31.2 Å². The summed E-state index contributed by atoms with van der Waals surface area (Å²) in [6.45, 7) is 13.9. The Balaban J connectivity index is 4.19. The van der Waals surface area contributed by atoms with Gasteiger partial charge in [-0.25, -0.2) is 0 Å². The van der Waals surface area contributed by atoms with E-state index in [1.54, 1.807) is 0 Å². The van der Waals surface area contributed by atoms with Crippen LogP contribution in [0.25, 0.3) is 0 Å². The molecule has 0 aromatic carbocycles. The van der Waals surface area contributed by atoms with Gasteiger partial charge in [-0.2, -0.15) is 0 Å². The van der Waals surface area contributed by atoms with Crippen molar-refractivity contribution in [2.75, 3.05) is 19.8 Å². The predicted molar refractivity (Wildman–Crippen MR) is 112 cm³/mol. The number of hydrogen-bond donors (Lipinski definition) is 1. The lowest BCUT2D eigenvalue weighted by atomic mass is 10.1. The van der Waals surface area contributed by atoms with E-state index in [0.717, 1.165) is 25.7 Å². The highest BCUT2D eigenvalue weighted by Gasteiger charge is 2.07. The number of ether oxygens (including phenoxy) is 2. The van der Waals surface area contributed by atoms with Crippen molar-refractivity contribution < 1.29 is 14.6 Å². The van der Waals surface area contributed by atoms with Gasteiger partial charge in [0.2, 0.25) is 0 Å². The summed E-state index contributed by atoms with van der Waals surface area (Å²) in [6.07, 6.45) is 13.1. The van der Waals surface area contributed by atoms with Crippen LogP contribution in [0.5, 0.6) is 0 Å². The van der Waals surface area contributed by atoms with Crippen molar-refractivity contribution in [2.45, 2.75) is 79.9 Å². The van der Waals surface area contributed by atoms with Crippen LogP contribution in [0.1, 0.15) is 73.6 Å². The van der Waals surface area contributed by atoms with Gasteiger partial charge in [-0.3, -0.25) is 0 Å². The average molecular weight is 365 g/mol. The summed E-state index contributed by atoms with van der Waals surface area (Å²) in [5, 5.41) is 9.19. The van der Waals surface area contributed by atoms with E-state index in [0.29, 0.717) is 19.6 Å². The third-order valence-corrected chi connectivity index (χ3v) is 3.98. The third kappa shape index (κ3) is 16.3. The molecule has 150 valence electrons. The molecule has 0 unspecified atom stereocenters. The number of allylic oxidation sites excluding steroid dienone is 6. The van der Waals surface area contributed by atoms with Crippen molar-refractivity contribution in [3.8, 4) is 0 Å². The summed E-state index contributed by atoms with van der Waals surface area (Å²) < 4.78 is 11.5. The standard InChI is InChI=1S/C23H40O3/c1-19(2)9-7-11-21(5)14-17-25-23(13-16-24)26-18-15-22(6)12-8-10-20(3)4/h9-10,14-15,23-24H,7-8,11-13,16-18H2,1-6H3/b21-14+,22-15+. The van der Waals surface area contributed by atoms with Gasteiger partial charge in [0.15, 0.2) is 6.29 Å². The smallest absolute Gasteiger partial charge is 0.160 e. The maximum Gasteiger partial charge on any atom is 0.160 e. The molecule has 0 aliphatic carbocycles. The minimum atomic E-state index is -0.358. The quantitative estimate of drug-likeness (QED) is 0.298. The molecule has 0 spiro atoms. The second kappa shape index (κ2) is 16.0. The lowest BCUT2D eigenvalue weighted by molar-refractivity contribution is -0.135. The first-order chi connectivity index (χ1) is 12.3. The fraction of sp³-hybridized carbons (Fsp3) is 0.652. The average Bonchev–Trinajstić information content (AvgIpc) is 2.54. The van der Waals surface area contributed by atoms with E-state index in [1.807, 2.05) is 0 Å². The van der Waals surface area contributed by atoms with E-state index in [9.17, 15) is 5.11 Å². The van der Waals surface area contributed by atoms with Crippen LogP contribution in [-0.2, 0) is 9.47 Å². The van der Waals surface area contributed by atoms with Gasteiger partial charge in [0, 0.05) is 13.0 Å². The Hall–Kier alpha value is -1.16. The fourth-order valence-electron chi connectivity index (χ4n) is 2.30. The molecule has 3 heteroatoms. The third-order valence-electron chi connectivity index (χ3n) is 3.98. The summed E-state index contributed by atoms with van der Waals surface area (Å²) in [4.78, 5) is 0. The first-order valence-electron chi connectivity index (χ1n) is 9.77. The maximum absolute atomic E-state index is 9.19. The molecule has 0 amide bonds. The van der Waals surface area contributed by atoms with E-state index in [4.69, 9.17) is 9.47 Å². The number of hydrogen-bond acceptors (Lipinski definition) is 3. The zero-order chi connectivity index (χ0) is 19.8. The molecule has 0 aliphatic heterocycles. The van der Waals surface area contributed by atoms with Crippen LogP contribution in [0.2, 0.25) is 0 Å². The molecule has 0 fully saturated rings. The van der Waals surface area contributed by atoms with E-state index in [1.165, 1.54) is 22.3 Å². The predicted octanol–water partition coefficient (Wildman–Crippen LogP) is 6.11. The van der Waals surface area contributed by atoms with Crippen molar-refractivity contribution in [1.82, 2.24) is 0 Å². The molecule has 0 bridgehead atoms. The van der Waals surface area contributed by atoms with Gasteiger partial charge in [0.1, 0.15) is 0 Å². The van der Waals surface area contributed by atoms with Crippen molar-refractivity contribution in [3.63, 3.8) is 0 Å². The number of aliphatic hydroxyl groups excluding tert-OH is 1. The Morgan fingerprint density at radius 1 is 0.731 bits per heavy atom. The van der Waals surface area contributed by atoms with Crippen LogP contribution in [0.3, 0.4) is 0 Å². The van der Waals surface area contributed by atoms with Crippen molar-refractivity contribution in [2.24, 2.45) is 0 Å². The molecule has 0 saturated carbocycles. The number of rotatable bonds is 14. The molecule has 26 heavy (non-hydrogen) atoms. The topological polar surface area (TPSA) is 38.7 Å². The highest BCUT2D eigenvalue weighted by Crippen LogP contribution is 2.09. The molecule has 1 N–H and O–H groups in total. The minimum Gasteiger partial charge on any atom is -0.396 e. The summed E-state index contributed by atoms with van der Waals surface area (Å²) in [5.41, 5.74) is 5.35. The second-order valence-corrected chi connectivity index (χ2v) is 7.35. The van der Waals surface area contributed by atoms with Gasteiger partial charge >= 0.3 is 0 Å². The van der Waals surface area contributed by atoms with E-state index in [-0.39, 0.29) is 12.9 Å². The van der Waals surface area contributed by atoms with Crippen molar-refractivity contribution in [1.29, 1.82) is 0 Å². The molecule has 0 atom stereocenters. The lowest BCUT2D eigenvalue weighted by Crippen LogP contribution is -2.19. The second-order valence-electron chi connectivity index (χ2n) is 7.35. The van der Waals surface area contributed by atoms with Gasteiger partial charge in [-0.15, -0.1) is 0 Å². The molecule has 0 aliphatic rings. The zero-order valence-electron chi connectivity index (χ0n) is 17.8. The van der Waals surface area contributed by atoms with Crippen LogP contribution >= 0.6 is 0 Å². The summed E-state index contributed by atoms with van der Waals surface area (Å²) in [7, 11) is 0. The Bertz CT molecular complexity index is 434. The van der Waals surface area contributed by atoms with E-state index in [2.05, 4.69) is 65.8 Å². The Labute approximate surface area is 161 Å². The van der Waals surface area contributed by atoms with Gasteiger partial charge in [0.05, 0.1) is 13.2 Å². The Morgan fingerprint density at radius 3 is 1.50 bits per heavy atom. The van der Waals surface area contributed by atoms with Crippen LogP contribution in [0.15, 0.2) is 46.6 Å². The first-order valence-corrected chi connectivity index (χ1v) is 9.77. The normalized spacial score (nSPS) is 13.5. The van der Waals surface area contributed by atoms with Gasteiger partial charge in [-0.05, 0) is 67.2 Å². The monoisotopic (exact) mass is 364 g/mol. The molecule has 0 aromatic heterocycles. The molecule has 0 radical (unpaired) electrons. The van der Waals surface area contributed by atoms with Crippen LogP contribution in [0, 0.1) is 0 Å². The number of aliphatic hydroxyl groups is 1. The highest BCUT2D eigenvalue weighted by molar-refractivity contribution is 5.03. The van der Waals surface area contributed by atoms with Crippen LogP contribution in [0.4, 0.5) is 0 Å². The maximum atomic E-state index is 9.19. The van der Waals surface area contributed by atoms with E-state index >= 15 is 0 Å². The fourth-order valence-corrected chi connectivity index (χ4v) is 2.30. The molecule has 0 heterocycles. The van der Waals surface area contributed by atoms with Crippen LogP contribution < -0.4 is 0 Å². The Kier molecular flexibility index (Phi) is 15.3.